The van der Waals surface area contributed by atoms with Crippen LogP contribution in [0, 0.1) is 6.92 Å². The first-order valence-corrected chi connectivity index (χ1v) is 8.38. The number of aryl methyl sites for hydroxylation is 1. The fourth-order valence-corrected chi connectivity index (χ4v) is 3.12. The molecule has 1 aliphatic rings. The molecule has 2 nitrogen and oxygen atoms in total. The zero-order valence-corrected chi connectivity index (χ0v) is 14.4. The van der Waals surface area contributed by atoms with E-state index in [4.69, 9.17) is 16.3 Å². The van der Waals surface area contributed by atoms with E-state index in [2.05, 4.69) is 25.1 Å². The van der Waals surface area contributed by atoms with Gasteiger partial charge in [0.25, 0.3) is 0 Å². The van der Waals surface area contributed by atoms with Gasteiger partial charge in [-0.2, -0.15) is 0 Å². The minimum Gasteiger partial charge on any atom is -0.422 e. The minimum atomic E-state index is -0.348. The molecule has 3 heteroatoms. The van der Waals surface area contributed by atoms with Crippen molar-refractivity contribution >= 4 is 40.2 Å². The van der Waals surface area contributed by atoms with Gasteiger partial charge in [0, 0.05) is 10.6 Å². The zero-order valence-electron chi connectivity index (χ0n) is 13.6. The molecule has 0 saturated carbocycles. The molecule has 0 atom stereocenters. The Morgan fingerprint density at radius 3 is 2.60 bits per heavy atom. The van der Waals surface area contributed by atoms with Crippen LogP contribution in [-0.2, 0) is 9.53 Å². The lowest BCUT2D eigenvalue weighted by Crippen LogP contribution is -1.97. The number of carbonyl (C=O) groups is 1. The Morgan fingerprint density at radius 1 is 0.960 bits per heavy atom. The molecule has 0 aliphatic carbocycles. The molecule has 0 bridgehead atoms. The predicted molar refractivity (Wildman–Crippen MR) is 102 cm³/mol. The summed E-state index contributed by atoms with van der Waals surface area (Å²) in [5, 5.41) is 2.92. The van der Waals surface area contributed by atoms with Crippen molar-refractivity contribution in [1.82, 2.24) is 0 Å². The van der Waals surface area contributed by atoms with Crippen LogP contribution in [0.5, 0.6) is 0 Å². The van der Waals surface area contributed by atoms with Crippen LogP contribution in [0.25, 0.3) is 22.6 Å². The summed E-state index contributed by atoms with van der Waals surface area (Å²) in [6.07, 6.45) is 3.56. The van der Waals surface area contributed by atoms with E-state index in [1.54, 1.807) is 18.2 Å². The van der Waals surface area contributed by atoms with Crippen molar-refractivity contribution in [3.63, 3.8) is 0 Å². The lowest BCUT2D eigenvalue weighted by atomic mass is 10.0. The van der Waals surface area contributed by atoms with E-state index in [1.807, 2.05) is 36.4 Å². The average molecular weight is 347 g/mol. The van der Waals surface area contributed by atoms with Crippen molar-refractivity contribution in [3.05, 3.63) is 94.0 Å². The summed E-state index contributed by atoms with van der Waals surface area (Å²) >= 11 is 6.00. The second kappa shape index (κ2) is 6.23. The molecule has 1 heterocycles. The van der Waals surface area contributed by atoms with Crippen molar-refractivity contribution in [3.8, 4) is 0 Å². The molecule has 122 valence electrons. The fourth-order valence-electron chi connectivity index (χ4n) is 2.93. The number of carbonyl (C=O) groups excluding carboxylic acids is 1. The van der Waals surface area contributed by atoms with Gasteiger partial charge in [-0.1, -0.05) is 59.6 Å². The molecule has 0 unspecified atom stereocenters. The maximum absolute atomic E-state index is 12.2. The topological polar surface area (TPSA) is 26.3 Å². The Kier molecular flexibility index (Phi) is 3.90. The quantitative estimate of drug-likeness (QED) is 0.434. The van der Waals surface area contributed by atoms with Crippen LogP contribution in [0.4, 0.5) is 0 Å². The Hall–Kier alpha value is -2.84. The van der Waals surface area contributed by atoms with E-state index in [-0.39, 0.29) is 5.97 Å². The van der Waals surface area contributed by atoms with Crippen molar-refractivity contribution in [1.29, 1.82) is 0 Å². The van der Waals surface area contributed by atoms with Gasteiger partial charge >= 0.3 is 5.97 Å². The minimum absolute atomic E-state index is 0.348. The molecular formula is C22H15ClO2. The van der Waals surface area contributed by atoms with Gasteiger partial charge < -0.3 is 4.74 Å². The number of hydrogen-bond acceptors (Lipinski definition) is 2. The highest BCUT2D eigenvalue weighted by Gasteiger charge is 2.22. The molecular weight excluding hydrogens is 332 g/mol. The van der Waals surface area contributed by atoms with Crippen LogP contribution < -0.4 is 0 Å². The molecule has 0 spiro atoms. The maximum Gasteiger partial charge on any atom is 0.343 e. The number of ether oxygens (including phenoxy) is 1. The molecule has 3 aromatic rings. The van der Waals surface area contributed by atoms with Crippen LogP contribution in [0.15, 0.2) is 72.3 Å². The van der Waals surface area contributed by atoms with Gasteiger partial charge in [0.15, 0.2) is 0 Å². The molecule has 0 fully saturated rings. The lowest BCUT2D eigenvalue weighted by Gasteiger charge is -2.05. The highest BCUT2D eigenvalue weighted by Crippen LogP contribution is 2.30. The first-order chi connectivity index (χ1) is 12.1. The maximum atomic E-state index is 12.2. The largest absolute Gasteiger partial charge is 0.422 e. The van der Waals surface area contributed by atoms with Crippen molar-refractivity contribution < 1.29 is 9.53 Å². The molecule has 3 aromatic carbocycles. The highest BCUT2D eigenvalue weighted by molar-refractivity contribution is 6.30. The average Bonchev–Trinajstić information content (AvgIpc) is 2.95. The molecule has 4 rings (SSSR count). The molecule has 25 heavy (non-hydrogen) atoms. The molecule has 0 radical (unpaired) electrons. The molecule has 1 aliphatic heterocycles. The monoisotopic (exact) mass is 346 g/mol. The van der Waals surface area contributed by atoms with Crippen molar-refractivity contribution in [2.45, 2.75) is 6.92 Å². The Morgan fingerprint density at radius 2 is 1.76 bits per heavy atom. The van der Waals surface area contributed by atoms with Crippen LogP contribution >= 0.6 is 11.6 Å². The number of cyclic esters (lactones) is 1. The Bertz CT molecular complexity index is 1060. The summed E-state index contributed by atoms with van der Waals surface area (Å²) in [5.41, 5.74) is 3.49. The summed E-state index contributed by atoms with van der Waals surface area (Å²) in [4.78, 5) is 12.2. The van der Waals surface area contributed by atoms with Gasteiger partial charge in [0.1, 0.15) is 5.76 Å². The molecule has 0 aromatic heterocycles. The summed E-state index contributed by atoms with van der Waals surface area (Å²) in [6, 6.07) is 19.7. The second-order valence-corrected chi connectivity index (χ2v) is 6.55. The van der Waals surface area contributed by atoms with E-state index < -0.39 is 0 Å². The highest BCUT2D eigenvalue weighted by atomic mass is 35.5. The number of esters is 1. The third-order valence-electron chi connectivity index (χ3n) is 4.18. The van der Waals surface area contributed by atoms with E-state index in [0.29, 0.717) is 16.4 Å². The number of rotatable bonds is 2. The van der Waals surface area contributed by atoms with Crippen LogP contribution in [0.3, 0.4) is 0 Å². The van der Waals surface area contributed by atoms with Gasteiger partial charge in [-0.15, -0.1) is 0 Å². The zero-order chi connectivity index (χ0) is 17.4. The lowest BCUT2D eigenvalue weighted by molar-refractivity contribution is -0.130. The first-order valence-electron chi connectivity index (χ1n) is 8.00. The normalized spacial score (nSPS) is 15.5. The number of hydrogen-bond donors (Lipinski definition) is 0. The summed E-state index contributed by atoms with van der Waals surface area (Å²) in [6.45, 7) is 2.07. The van der Waals surface area contributed by atoms with Crippen LogP contribution in [0.2, 0.25) is 5.02 Å². The van der Waals surface area contributed by atoms with Crippen LogP contribution in [-0.4, -0.2) is 5.97 Å². The summed E-state index contributed by atoms with van der Waals surface area (Å²) in [7, 11) is 0. The van der Waals surface area contributed by atoms with Gasteiger partial charge in [-0.3, -0.25) is 0 Å². The number of fused-ring (bicyclic) bond motifs is 1. The molecule has 0 amide bonds. The number of benzene rings is 3. The Balaban J connectivity index is 1.71. The van der Waals surface area contributed by atoms with Gasteiger partial charge in [0.2, 0.25) is 0 Å². The standard InChI is InChI=1S/C22H15ClO2/c1-14-5-6-17-12-18(8-7-16(17)9-14)21-13-19(22(24)25-21)10-15-3-2-4-20(23)11-15/h2-13H,1H3/b19-10-. The third kappa shape index (κ3) is 3.21. The Labute approximate surface area is 151 Å². The van der Waals surface area contributed by atoms with E-state index in [9.17, 15) is 4.79 Å². The van der Waals surface area contributed by atoms with Gasteiger partial charge in [-0.25, -0.2) is 4.79 Å². The molecule has 0 saturated heterocycles. The molecule has 0 N–H and O–H groups in total. The summed E-state index contributed by atoms with van der Waals surface area (Å²) < 4.78 is 5.46. The SMILES string of the molecule is Cc1ccc2cc(C3=C/C(=C/c4cccc(Cl)c4)C(=O)O3)ccc2c1. The van der Waals surface area contributed by atoms with Gasteiger partial charge in [0.05, 0.1) is 5.57 Å². The number of halogens is 1. The van der Waals surface area contributed by atoms with E-state index in [1.165, 1.54) is 10.9 Å². The first kappa shape index (κ1) is 15.7. The van der Waals surface area contributed by atoms with E-state index in [0.717, 1.165) is 16.5 Å². The second-order valence-electron chi connectivity index (χ2n) is 6.12. The van der Waals surface area contributed by atoms with Crippen LogP contribution in [0.1, 0.15) is 16.7 Å². The fraction of sp³-hybridized carbons (Fsp3) is 0.0455. The van der Waals surface area contributed by atoms with Crippen molar-refractivity contribution in [2.24, 2.45) is 0 Å². The van der Waals surface area contributed by atoms with Crippen molar-refractivity contribution in [2.75, 3.05) is 0 Å². The van der Waals surface area contributed by atoms with E-state index >= 15 is 0 Å². The smallest absolute Gasteiger partial charge is 0.343 e. The summed E-state index contributed by atoms with van der Waals surface area (Å²) in [5.74, 6) is 0.222. The predicted octanol–water partition coefficient (Wildman–Crippen LogP) is 5.78. The third-order valence-corrected chi connectivity index (χ3v) is 4.41. The van der Waals surface area contributed by atoms with Gasteiger partial charge in [-0.05, 0) is 53.6 Å².